The van der Waals surface area contributed by atoms with Crippen molar-refractivity contribution in [2.45, 2.75) is 13.8 Å². The first-order valence-electron chi connectivity index (χ1n) is 5.25. The average molecular weight is 247 g/mol. The van der Waals surface area contributed by atoms with E-state index < -0.39 is 0 Å². The molecule has 0 radical (unpaired) electrons. The molecule has 4 heteroatoms. The van der Waals surface area contributed by atoms with Crippen LogP contribution in [0.5, 0.6) is 5.75 Å². The van der Waals surface area contributed by atoms with Crippen LogP contribution >= 0.6 is 11.3 Å². The van der Waals surface area contributed by atoms with Gasteiger partial charge in [-0.25, -0.2) is 4.98 Å². The van der Waals surface area contributed by atoms with E-state index in [1.54, 1.807) is 14.0 Å². The monoisotopic (exact) mass is 247 g/mol. The zero-order valence-electron chi connectivity index (χ0n) is 9.98. The van der Waals surface area contributed by atoms with Gasteiger partial charge < -0.3 is 4.74 Å². The Bertz CT molecular complexity index is 560. The molecule has 0 bridgehead atoms. The van der Waals surface area contributed by atoms with Crippen molar-refractivity contribution in [3.05, 3.63) is 34.8 Å². The van der Waals surface area contributed by atoms with Crippen LogP contribution in [0, 0.1) is 6.92 Å². The predicted octanol–water partition coefficient (Wildman–Crippen LogP) is 3.33. The van der Waals surface area contributed by atoms with Crippen LogP contribution in [0.4, 0.5) is 0 Å². The molecule has 1 aromatic heterocycles. The minimum atomic E-state index is 0.0566. The Kier molecular flexibility index (Phi) is 3.24. The number of ether oxygens (including phenoxy) is 1. The van der Waals surface area contributed by atoms with Crippen molar-refractivity contribution in [1.29, 1.82) is 0 Å². The van der Waals surface area contributed by atoms with Gasteiger partial charge in [-0.05, 0) is 19.1 Å². The normalized spacial score (nSPS) is 10.3. The number of Topliss-reactive ketones (excluding diaryl/α,β-unsaturated/α-hetero) is 1. The van der Waals surface area contributed by atoms with Gasteiger partial charge in [0.25, 0.3) is 0 Å². The third-order valence-electron chi connectivity index (χ3n) is 2.45. The van der Waals surface area contributed by atoms with Crippen LogP contribution in [0.2, 0.25) is 0 Å². The molecule has 17 heavy (non-hydrogen) atoms. The third-order valence-corrected chi connectivity index (χ3v) is 3.75. The molecule has 0 amide bonds. The molecule has 0 saturated heterocycles. The van der Waals surface area contributed by atoms with Crippen LogP contribution in [0.25, 0.3) is 10.6 Å². The highest BCUT2D eigenvalue weighted by molar-refractivity contribution is 7.17. The summed E-state index contributed by atoms with van der Waals surface area (Å²) >= 11 is 1.41. The third kappa shape index (κ3) is 2.22. The molecule has 1 aromatic carbocycles. The molecule has 0 saturated carbocycles. The standard InChI is InChI=1S/C13H13NO2S/c1-8-12(9(2)15)17-13(14-8)10-6-4-5-7-11(10)16-3/h4-7H,1-3H3. The van der Waals surface area contributed by atoms with Crippen LogP contribution < -0.4 is 4.74 Å². The summed E-state index contributed by atoms with van der Waals surface area (Å²) in [7, 11) is 1.63. The highest BCUT2D eigenvalue weighted by atomic mass is 32.1. The Hall–Kier alpha value is -1.68. The number of methoxy groups -OCH3 is 1. The Morgan fingerprint density at radius 3 is 2.65 bits per heavy atom. The second-order valence-corrected chi connectivity index (χ2v) is 4.69. The lowest BCUT2D eigenvalue weighted by Gasteiger charge is -2.04. The van der Waals surface area contributed by atoms with Gasteiger partial charge in [-0.2, -0.15) is 0 Å². The smallest absolute Gasteiger partial charge is 0.171 e. The fraction of sp³-hybridized carbons (Fsp3) is 0.231. The van der Waals surface area contributed by atoms with E-state index >= 15 is 0 Å². The Morgan fingerprint density at radius 2 is 2.06 bits per heavy atom. The number of aryl methyl sites for hydroxylation is 1. The molecule has 0 fully saturated rings. The number of rotatable bonds is 3. The fourth-order valence-electron chi connectivity index (χ4n) is 1.66. The van der Waals surface area contributed by atoms with Crippen molar-refractivity contribution in [3.8, 4) is 16.3 Å². The van der Waals surface area contributed by atoms with E-state index in [-0.39, 0.29) is 5.78 Å². The maximum atomic E-state index is 11.4. The van der Waals surface area contributed by atoms with Crippen molar-refractivity contribution < 1.29 is 9.53 Å². The molecule has 2 aromatic rings. The molecule has 3 nitrogen and oxygen atoms in total. The lowest BCUT2D eigenvalue weighted by molar-refractivity contribution is 0.102. The van der Waals surface area contributed by atoms with Gasteiger partial charge in [0.15, 0.2) is 5.78 Å². The molecule has 0 aliphatic carbocycles. The summed E-state index contributed by atoms with van der Waals surface area (Å²) < 4.78 is 5.29. The van der Waals surface area contributed by atoms with Crippen molar-refractivity contribution in [2.75, 3.05) is 7.11 Å². The van der Waals surface area contributed by atoms with Crippen LogP contribution in [0.3, 0.4) is 0 Å². The minimum absolute atomic E-state index is 0.0566. The molecule has 2 rings (SSSR count). The quantitative estimate of drug-likeness (QED) is 0.781. The number of carbonyl (C=O) groups excluding carboxylic acids is 1. The maximum Gasteiger partial charge on any atom is 0.171 e. The number of nitrogens with zero attached hydrogens (tertiary/aromatic N) is 1. The highest BCUT2D eigenvalue weighted by Gasteiger charge is 2.15. The molecular formula is C13H13NO2S. The van der Waals surface area contributed by atoms with Crippen LogP contribution in [-0.2, 0) is 0 Å². The molecule has 1 heterocycles. The summed E-state index contributed by atoms with van der Waals surface area (Å²) in [5.41, 5.74) is 1.71. The molecule has 0 atom stereocenters. The van der Waals surface area contributed by atoms with Crippen molar-refractivity contribution in [2.24, 2.45) is 0 Å². The summed E-state index contributed by atoms with van der Waals surface area (Å²) in [6.07, 6.45) is 0. The minimum Gasteiger partial charge on any atom is -0.496 e. The topological polar surface area (TPSA) is 39.2 Å². The number of hydrogen-bond donors (Lipinski definition) is 0. The zero-order valence-corrected chi connectivity index (χ0v) is 10.8. The van der Waals surface area contributed by atoms with Crippen molar-refractivity contribution in [1.82, 2.24) is 4.98 Å². The number of carbonyl (C=O) groups is 1. The largest absolute Gasteiger partial charge is 0.496 e. The first kappa shape index (κ1) is 11.8. The predicted molar refractivity (Wildman–Crippen MR) is 68.8 cm³/mol. The fourth-order valence-corrected chi connectivity index (χ4v) is 2.65. The van der Waals surface area contributed by atoms with Crippen molar-refractivity contribution >= 4 is 17.1 Å². The van der Waals surface area contributed by atoms with E-state index in [0.717, 1.165) is 22.0 Å². The van der Waals surface area contributed by atoms with Gasteiger partial charge in [0.1, 0.15) is 10.8 Å². The van der Waals surface area contributed by atoms with Gasteiger partial charge >= 0.3 is 0 Å². The summed E-state index contributed by atoms with van der Waals surface area (Å²) in [6.45, 7) is 3.42. The first-order chi connectivity index (χ1) is 8.13. The van der Waals surface area contributed by atoms with E-state index in [1.807, 2.05) is 31.2 Å². The van der Waals surface area contributed by atoms with Gasteiger partial charge in [-0.1, -0.05) is 12.1 Å². The number of para-hydroxylation sites is 1. The molecule has 0 N–H and O–H groups in total. The Morgan fingerprint density at radius 1 is 1.35 bits per heavy atom. The second-order valence-electron chi connectivity index (χ2n) is 3.69. The summed E-state index contributed by atoms with van der Waals surface area (Å²) in [6, 6.07) is 7.68. The lowest BCUT2D eigenvalue weighted by atomic mass is 10.2. The molecule has 0 unspecified atom stereocenters. The number of benzene rings is 1. The SMILES string of the molecule is COc1ccccc1-c1nc(C)c(C(C)=O)s1. The molecule has 0 aliphatic heterocycles. The highest BCUT2D eigenvalue weighted by Crippen LogP contribution is 2.34. The lowest BCUT2D eigenvalue weighted by Crippen LogP contribution is -1.89. The zero-order chi connectivity index (χ0) is 12.4. The first-order valence-corrected chi connectivity index (χ1v) is 6.07. The number of hydrogen-bond acceptors (Lipinski definition) is 4. The second kappa shape index (κ2) is 4.67. The van der Waals surface area contributed by atoms with E-state index in [9.17, 15) is 4.79 Å². The van der Waals surface area contributed by atoms with E-state index in [1.165, 1.54) is 11.3 Å². The number of ketones is 1. The van der Waals surface area contributed by atoms with Crippen LogP contribution in [0.15, 0.2) is 24.3 Å². The van der Waals surface area contributed by atoms with E-state index in [4.69, 9.17) is 4.74 Å². The summed E-state index contributed by atoms with van der Waals surface area (Å²) in [5, 5.41) is 0.824. The molecule has 0 spiro atoms. The van der Waals surface area contributed by atoms with Gasteiger partial charge in [0.05, 0.1) is 23.2 Å². The molecule has 0 aliphatic rings. The maximum absolute atomic E-state index is 11.4. The summed E-state index contributed by atoms with van der Waals surface area (Å²) in [5.74, 6) is 0.831. The number of thiazole rings is 1. The van der Waals surface area contributed by atoms with Gasteiger partial charge in [-0.15, -0.1) is 11.3 Å². The van der Waals surface area contributed by atoms with Crippen LogP contribution in [-0.4, -0.2) is 17.9 Å². The van der Waals surface area contributed by atoms with E-state index in [2.05, 4.69) is 4.98 Å². The Balaban J connectivity index is 2.53. The van der Waals surface area contributed by atoms with E-state index in [0.29, 0.717) is 4.88 Å². The number of aromatic nitrogens is 1. The van der Waals surface area contributed by atoms with Gasteiger partial charge in [0, 0.05) is 6.92 Å². The van der Waals surface area contributed by atoms with Gasteiger partial charge in [0.2, 0.25) is 0 Å². The average Bonchev–Trinajstić information content (AvgIpc) is 2.71. The molecular weight excluding hydrogens is 234 g/mol. The van der Waals surface area contributed by atoms with Crippen LogP contribution in [0.1, 0.15) is 22.3 Å². The van der Waals surface area contributed by atoms with Gasteiger partial charge in [-0.3, -0.25) is 4.79 Å². The Labute approximate surface area is 104 Å². The summed E-state index contributed by atoms with van der Waals surface area (Å²) in [4.78, 5) is 16.5. The van der Waals surface area contributed by atoms with Crippen molar-refractivity contribution in [3.63, 3.8) is 0 Å². The molecule has 88 valence electrons.